The average Bonchev–Trinajstić information content (AvgIpc) is 3.16. The molecule has 1 saturated heterocycles. The number of aliphatic carboxylic acids is 1. The van der Waals surface area contributed by atoms with E-state index < -0.39 is 23.5 Å². The van der Waals surface area contributed by atoms with Crippen molar-refractivity contribution in [3.05, 3.63) is 59.7 Å². The van der Waals surface area contributed by atoms with Gasteiger partial charge in [-0.15, -0.1) is 0 Å². The summed E-state index contributed by atoms with van der Waals surface area (Å²) in [4.78, 5) is 39.1. The largest absolute Gasteiger partial charge is 0.481 e. The van der Waals surface area contributed by atoms with Gasteiger partial charge >= 0.3 is 12.1 Å². The minimum atomic E-state index is -0.911. The fraction of sp³-hybridized carbons (Fsp3) is 0.444. The number of rotatable bonds is 7. The van der Waals surface area contributed by atoms with Crippen molar-refractivity contribution in [2.45, 2.75) is 51.5 Å². The second-order valence-corrected chi connectivity index (χ2v) is 9.39. The van der Waals surface area contributed by atoms with Crippen LogP contribution in [0.3, 0.4) is 0 Å². The highest BCUT2D eigenvalue weighted by Gasteiger charge is 2.43. The second kappa shape index (κ2) is 9.87. The van der Waals surface area contributed by atoms with Gasteiger partial charge in [0, 0.05) is 19.0 Å². The van der Waals surface area contributed by atoms with Gasteiger partial charge in [-0.25, -0.2) is 4.79 Å². The standard InChI is InChI=1S/C27H32N2O5/c1-3-13-27(25(31)32)14-8-15-29(17-27)24(30)18(2)28-26(33)34-16-23-21-11-6-4-9-19(21)20-10-5-7-12-22(20)23/h4-7,9-12,18,23H,3,8,13-17H2,1-2H3,(H,28,33)(H,31,32)/t18-,27?/m0/s1. The van der Waals surface area contributed by atoms with Crippen molar-refractivity contribution in [3.63, 3.8) is 0 Å². The molecule has 2 aromatic carbocycles. The Labute approximate surface area is 200 Å². The number of alkyl carbamates (subject to hydrolysis) is 1. The fourth-order valence-corrected chi connectivity index (χ4v) is 5.44. The van der Waals surface area contributed by atoms with E-state index in [-0.39, 0.29) is 25.0 Å². The van der Waals surface area contributed by atoms with E-state index in [1.54, 1.807) is 11.8 Å². The van der Waals surface area contributed by atoms with Gasteiger partial charge in [-0.3, -0.25) is 9.59 Å². The number of nitrogens with one attached hydrogen (secondary N) is 1. The molecule has 4 rings (SSSR count). The van der Waals surface area contributed by atoms with Crippen LogP contribution in [0.15, 0.2) is 48.5 Å². The van der Waals surface area contributed by atoms with Gasteiger partial charge in [0.25, 0.3) is 0 Å². The number of fused-ring (bicyclic) bond motifs is 3. The average molecular weight is 465 g/mol. The minimum absolute atomic E-state index is 0.0588. The Morgan fingerprint density at radius 1 is 1.12 bits per heavy atom. The van der Waals surface area contributed by atoms with Gasteiger partial charge in [-0.05, 0) is 48.4 Å². The number of carbonyl (C=O) groups excluding carboxylic acids is 2. The molecule has 0 aromatic heterocycles. The number of piperidine rings is 1. The zero-order chi connectivity index (χ0) is 24.3. The van der Waals surface area contributed by atoms with Gasteiger partial charge in [0.15, 0.2) is 0 Å². The molecule has 0 bridgehead atoms. The molecule has 2 aromatic rings. The topological polar surface area (TPSA) is 95.9 Å². The normalized spacial score (nSPS) is 20.2. The van der Waals surface area contributed by atoms with Crippen molar-refractivity contribution in [3.8, 4) is 11.1 Å². The molecule has 2 atom stereocenters. The molecule has 7 nitrogen and oxygen atoms in total. The van der Waals surface area contributed by atoms with Crippen LogP contribution in [0, 0.1) is 5.41 Å². The van der Waals surface area contributed by atoms with Gasteiger partial charge in [0.05, 0.1) is 5.41 Å². The first-order valence-corrected chi connectivity index (χ1v) is 12.0. The van der Waals surface area contributed by atoms with Gasteiger partial charge in [-0.1, -0.05) is 61.9 Å². The number of benzene rings is 2. The monoisotopic (exact) mass is 464 g/mol. The zero-order valence-corrected chi connectivity index (χ0v) is 19.8. The number of hydrogen-bond acceptors (Lipinski definition) is 4. The molecule has 1 aliphatic carbocycles. The van der Waals surface area contributed by atoms with Crippen LogP contribution in [0.25, 0.3) is 11.1 Å². The van der Waals surface area contributed by atoms with Crippen molar-refractivity contribution in [2.24, 2.45) is 5.41 Å². The van der Waals surface area contributed by atoms with Crippen molar-refractivity contribution in [1.29, 1.82) is 0 Å². The van der Waals surface area contributed by atoms with Crippen LogP contribution >= 0.6 is 0 Å². The number of hydrogen-bond donors (Lipinski definition) is 2. The summed E-state index contributed by atoms with van der Waals surface area (Å²) in [5.41, 5.74) is 3.63. The quantitative estimate of drug-likeness (QED) is 0.633. The molecule has 0 saturated carbocycles. The Bertz CT molecular complexity index is 1030. The lowest BCUT2D eigenvalue weighted by atomic mass is 9.76. The third-order valence-corrected chi connectivity index (χ3v) is 7.12. The van der Waals surface area contributed by atoms with E-state index in [2.05, 4.69) is 29.6 Å². The summed E-state index contributed by atoms with van der Waals surface area (Å²) in [6, 6.07) is 15.4. The third kappa shape index (κ3) is 4.52. The molecule has 7 heteroatoms. The molecule has 1 fully saturated rings. The summed E-state index contributed by atoms with van der Waals surface area (Å²) in [5, 5.41) is 12.4. The lowest BCUT2D eigenvalue weighted by Gasteiger charge is -2.40. The molecule has 34 heavy (non-hydrogen) atoms. The van der Waals surface area contributed by atoms with E-state index in [1.165, 1.54) is 0 Å². The van der Waals surface area contributed by atoms with Crippen molar-refractivity contribution < 1.29 is 24.2 Å². The van der Waals surface area contributed by atoms with Crippen LogP contribution in [0.2, 0.25) is 0 Å². The molecule has 2 aliphatic rings. The number of amides is 2. The van der Waals surface area contributed by atoms with Gasteiger partial charge in [0.1, 0.15) is 12.6 Å². The highest BCUT2D eigenvalue weighted by atomic mass is 16.5. The first kappa shape index (κ1) is 23.8. The molecule has 1 aliphatic heterocycles. The summed E-state index contributed by atoms with van der Waals surface area (Å²) in [5.74, 6) is -1.20. The fourth-order valence-electron chi connectivity index (χ4n) is 5.44. The maximum Gasteiger partial charge on any atom is 0.407 e. The molecule has 1 unspecified atom stereocenters. The Hall–Kier alpha value is -3.35. The maximum absolute atomic E-state index is 13.0. The maximum atomic E-state index is 13.0. The molecular weight excluding hydrogens is 432 g/mol. The lowest BCUT2D eigenvalue weighted by Crippen LogP contribution is -2.54. The minimum Gasteiger partial charge on any atom is -0.481 e. The summed E-state index contributed by atoms with van der Waals surface area (Å²) in [7, 11) is 0. The van der Waals surface area contributed by atoms with E-state index in [4.69, 9.17) is 4.74 Å². The van der Waals surface area contributed by atoms with Crippen LogP contribution in [-0.2, 0) is 14.3 Å². The van der Waals surface area contributed by atoms with E-state index in [0.29, 0.717) is 25.8 Å². The van der Waals surface area contributed by atoms with E-state index >= 15 is 0 Å². The van der Waals surface area contributed by atoms with Crippen LogP contribution in [-0.4, -0.2) is 53.7 Å². The Kier molecular flexibility index (Phi) is 6.91. The van der Waals surface area contributed by atoms with Gasteiger partial charge in [-0.2, -0.15) is 0 Å². The lowest BCUT2D eigenvalue weighted by molar-refractivity contribution is -0.156. The first-order valence-electron chi connectivity index (χ1n) is 12.0. The molecule has 0 spiro atoms. The van der Waals surface area contributed by atoms with Crippen molar-refractivity contribution in [1.82, 2.24) is 10.2 Å². The molecule has 2 amide bonds. The highest BCUT2D eigenvalue weighted by Crippen LogP contribution is 2.44. The third-order valence-electron chi connectivity index (χ3n) is 7.12. The Morgan fingerprint density at radius 3 is 2.32 bits per heavy atom. The molecule has 2 N–H and O–H groups in total. The molecular formula is C27H32N2O5. The second-order valence-electron chi connectivity index (χ2n) is 9.39. The predicted octanol–water partition coefficient (Wildman–Crippen LogP) is 4.41. The van der Waals surface area contributed by atoms with Crippen LogP contribution in [0.1, 0.15) is 56.6 Å². The van der Waals surface area contributed by atoms with Crippen molar-refractivity contribution >= 4 is 18.0 Å². The van der Waals surface area contributed by atoms with Crippen molar-refractivity contribution in [2.75, 3.05) is 19.7 Å². The molecule has 180 valence electrons. The number of nitrogens with zero attached hydrogens (tertiary/aromatic N) is 1. The van der Waals surface area contributed by atoms with Crippen LogP contribution in [0.5, 0.6) is 0 Å². The smallest absolute Gasteiger partial charge is 0.407 e. The van der Waals surface area contributed by atoms with E-state index in [0.717, 1.165) is 28.7 Å². The number of likely N-dealkylation sites (tertiary alicyclic amines) is 1. The number of carboxylic acids is 1. The van der Waals surface area contributed by atoms with E-state index in [9.17, 15) is 19.5 Å². The number of ether oxygens (including phenoxy) is 1. The number of carboxylic acid groups (broad SMARTS) is 1. The highest BCUT2D eigenvalue weighted by molar-refractivity contribution is 5.86. The van der Waals surface area contributed by atoms with Gasteiger partial charge in [0.2, 0.25) is 5.91 Å². The summed E-state index contributed by atoms with van der Waals surface area (Å²) in [6.45, 7) is 4.40. The van der Waals surface area contributed by atoms with Crippen LogP contribution in [0.4, 0.5) is 4.79 Å². The van der Waals surface area contributed by atoms with Crippen LogP contribution < -0.4 is 5.32 Å². The Balaban J connectivity index is 1.36. The first-order chi connectivity index (χ1) is 16.4. The molecule has 0 radical (unpaired) electrons. The summed E-state index contributed by atoms with van der Waals surface area (Å²) < 4.78 is 5.55. The van der Waals surface area contributed by atoms with Gasteiger partial charge < -0.3 is 20.1 Å². The summed E-state index contributed by atoms with van der Waals surface area (Å²) in [6.07, 6.45) is 1.81. The summed E-state index contributed by atoms with van der Waals surface area (Å²) >= 11 is 0. The Morgan fingerprint density at radius 2 is 1.74 bits per heavy atom. The predicted molar refractivity (Wildman–Crippen MR) is 128 cm³/mol. The van der Waals surface area contributed by atoms with E-state index in [1.807, 2.05) is 31.2 Å². The SMILES string of the molecule is CCCC1(C(=O)O)CCCN(C(=O)[C@H](C)NC(=O)OCC2c3ccccc3-c3ccccc32)C1. The number of carbonyl (C=O) groups is 3. The zero-order valence-electron chi connectivity index (χ0n) is 19.8. The molecule has 1 heterocycles.